The van der Waals surface area contributed by atoms with Gasteiger partial charge in [-0.15, -0.1) is 0 Å². The van der Waals surface area contributed by atoms with Crippen LogP contribution in [0.4, 0.5) is 0 Å². The number of carbonyl (C=O) groups is 2. The van der Waals surface area contributed by atoms with Gasteiger partial charge in [0, 0.05) is 29.7 Å². The molecule has 2 heterocycles. The van der Waals surface area contributed by atoms with Crippen molar-refractivity contribution in [2.24, 2.45) is 7.05 Å². The highest BCUT2D eigenvalue weighted by Crippen LogP contribution is 2.36. The lowest BCUT2D eigenvalue weighted by Crippen LogP contribution is -2.24. The van der Waals surface area contributed by atoms with Crippen LogP contribution in [0.1, 0.15) is 11.1 Å². The molecule has 0 bridgehead atoms. The van der Waals surface area contributed by atoms with Crippen LogP contribution in [0.15, 0.2) is 59.6 Å². The zero-order valence-corrected chi connectivity index (χ0v) is 17.4. The Hall–Kier alpha value is -3.27. The number of rotatable bonds is 6. The molecular formula is C22H20N2O6S. The second-order valence-corrected chi connectivity index (χ2v) is 9.38. The van der Waals surface area contributed by atoms with Gasteiger partial charge in [0.2, 0.25) is 0 Å². The van der Waals surface area contributed by atoms with E-state index in [9.17, 15) is 23.1 Å². The van der Waals surface area contributed by atoms with E-state index < -0.39 is 40.1 Å². The zero-order chi connectivity index (χ0) is 22.3. The van der Waals surface area contributed by atoms with Crippen LogP contribution in [-0.4, -0.2) is 53.5 Å². The molecule has 1 aliphatic heterocycles. The smallest absolute Gasteiger partial charge is 0.259 e. The van der Waals surface area contributed by atoms with Gasteiger partial charge in [0.15, 0.2) is 9.84 Å². The summed E-state index contributed by atoms with van der Waals surface area (Å²) in [7, 11) is -2.09. The van der Waals surface area contributed by atoms with E-state index in [0.29, 0.717) is 5.56 Å². The number of imide groups is 1. The maximum atomic E-state index is 12.7. The van der Waals surface area contributed by atoms with Crippen LogP contribution in [0.2, 0.25) is 0 Å². The summed E-state index contributed by atoms with van der Waals surface area (Å²) in [5.74, 6) is -1.83. The van der Waals surface area contributed by atoms with Gasteiger partial charge in [0.25, 0.3) is 11.8 Å². The Bertz CT molecular complexity index is 1350. The molecule has 0 saturated carbocycles. The zero-order valence-electron chi connectivity index (χ0n) is 16.6. The summed E-state index contributed by atoms with van der Waals surface area (Å²) in [6.45, 7) is -0.688. The van der Waals surface area contributed by atoms with Crippen molar-refractivity contribution < 1.29 is 28.2 Å². The van der Waals surface area contributed by atoms with Gasteiger partial charge in [0.05, 0.1) is 34.5 Å². The summed E-state index contributed by atoms with van der Waals surface area (Å²) in [6, 6.07) is 13.1. The number of aryl methyl sites for hydroxylation is 1. The van der Waals surface area contributed by atoms with Crippen LogP contribution in [-0.2, 0) is 26.5 Å². The standard InChI is InChI=1S/C22H20N2O6S/c1-24-10-17(16-7-2-3-8-18(16)24)20-19(21(27)23-22(20)28)13-5-4-6-15(9-13)31(29,30)12-14(26)11-25/h2-10,14,25-26H,11-12H2,1H3,(H,23,27,28). The molecule has 0 fully saturated rings. The van der Waals surface area contributed by atoms with E-state index in [2.05, 4.69) is 5.32 Å². The van der Waals surface area contributed by atoms with Crippen molar-refractivity contribution in [2.45, 2.75) is 11.0 Å². The Labute approximate surface area is 178 Å². The number of amides is 2. The highest BCUT2D eigenvalue weighted by Gasteiger charge is 2.34. The number of aliphatic hydroxyl groups is 2. The molecule has 1 unspecified atom stereocenters. The fourth-order valence-electron chi connectivity index (χ4n) is 3.78. The first-order valence-electron chi connectivity index (χ1n) is 9.49. The highest BCUT2D eigenvalue weighted by molar-refractivity contribution is 7.91. The second-order valence-electron chi connectivity index (χ2n) is 7.35. The monoisotopic (exact) mass is 440 g/mol. The topological polar surface area (TPSA) is 126 Å². The molecule has 2 amide bonds. The van der Waals surface area contributed by atoms with Gasteiger partial charge in [-0.3, -0.25) is 14.9 Å². The SMILES string of the molecule is Cn1cc(C2=C(c3cccc(S(=O)(=O)CC(O)CO)c3)C(=O)NC2=O)c2ccccc21. The number of carbonyl (C=O) groups excluding carboxylic acids is 2. The van der Waals surface area contributed by atoms with Gasteiger partial charge in [-0.2, -0.15) is 0 Å². The molecule has 0 aliphatic carbocycles. The number of aromatic nitrogens is 1. The minimum atomic E-state index is -3.92. The van der Waals surface area contributed by atoms with Gasteiger partial charge in [-0.25, -0.2) is 8.42 Å². The van der Waals surface area contributed by atoms with E-state index in [1.165, 1.54) is 18.2 Å². The molecule has 0 radical (unpaired) electrons. The largest absolute Gasteiger partial charge is 0.394 e. The van der Waals surface area contributed by atoms with Crippen molar-refractivity contribution >= 4 is 43.7 Å². The van der Waals surface area contributed by atoms with Crippen molar-refractivity contribution in [3.05, 3.63) is 65.9 Å². The minimum Gasteiger partial charge on any atom is -0.394 e. The predicted octanol–water partition coefficient (Wildman–Crippen LogP) is 0.872. The maximum absolute atomic E-state index is 12.7. The fraction of sp³-hybridized carbons (Fsp3) is 0.182. The first-order valence-corrected chi connectivity index (χ1v) is 11.1. The Balaban J connectivity index is 1.90. The molecule has 0 saturated heterocycles. The van der Waals surface area contributed by atoms with Gasteiger partial charge in [-0.1, -0.05) is 30.3 Å². The number of nitrogens with zero attached hydrogens (tertiary/aromatic N) is 1. The van der Waals surface area contributed by atoms with Gasteiger partial charge in [0.1, 0.15) is 0 Å². The number of aliphatic hydroxyl groups excluding tert-OH is 2. The fourth-order valence-corrected chi connectivity index (χ4v) is 5.17. The Kier molecular flexibility index (Phi) is 5.26. The number of benzene rings is 2. The summed E-state index contributed by atoms with van der Waals surface area (Å²) in [6.07, 6.45) is 0.339. The molecule has 9 heteroatoms. The van der Waals surface area contributed by atoms with Gasteiger partial charge >= 0.3 is 0 Å². The molecule has 4 rings (SSSR count). The molecule has 31 heavy (non-hydrogen) atoms. The summed E-state index contributed by atoms with van der Waals surface area (Å²) in [4.78, 5) is 25.3. The van der Waals surface area contributed by atoms with E-state index in [0.717, 1.165) is 10.9 Å². The predicted molar refractivity (Wildman–Crippen MR) is 114 cm³/mol. The third-order valence-electron chi connectivity index (χ3n) is 5.20. The van der Waals surface area contributed by atoms with Crippen LogP contribution >= 0.6 is 0 Å². The molecule has 1 aliphatic rings. The van der Waals surface area contributed by atoms with Crippen LogP contribution in [0, 0.1) is 0 Å². The molecule has 3 aromatic rings. The molecule has 8 nitrogen and oxygen atoms in total. The van der Waals surface area contributed by atoms with Crippen molar-refractivity contribution in [2.75, 3.05) is 12.4 Å². The van der Waals surface area contributed by atoms with Crippen LogP contribution < -0.4 is 5.32 Å². The van der Waals surface area contributed by atoms with Gasteiger partial charge < -0.3 is 14.8 Å². The summed E-state index contributed by atoms with van der Waals surface area (Å²) in [5.41, 5.74) is 1.98. The molecule has 3 N–H and O–H groups in total. The van der Waals surface area contributed by atoms with Crippen molar-refractivity contribution in [1.29, 1.82) is 0 Å². The first-order chi connectivity index (χ1) is 14.7. The molecule has 160 valence electrons. The van der Waals surface area contributed by atoms with E-state index >= 15 is 0 Å². The lowest BCUT2D eigenvalue weighted by atomic mass is 9.96. The third kappa shape index (κ3) is 3.67. The molecule has 1 aromatic heterocycles. The summed E-state index contributed by atoms with van der Waals surface area (Å²) >= 11 is 0. The Morgan fingerprint density at radius 2 is 1.74 bits per heavy atom. The molecule has 0 spiro atoms. The lowest BCUT2D eigenvalue weighted by Gasteiger charge is -2.10. The van der Waals surface area contributed by atoms with E-state index in [1.807, 2.05) is 35.9 Å². The van der Waals surface area contributed by atoms with E-state index in [-0.39, 0.29) is 21.6 Å². The molecule has 2 aromatic carbocycles. The van der Waals surface area contributed by atoms with Crippen LogP contribution in [0.5, 0.6) is 0 Å². The number of sulfone groups is 1. The number of nitrogens with one attached hydrogen (secondary N) is 1. The van der Waals surface area contributed by atoms with Crippen molar-refractivity contribution in [3.8, 4) is 0 Å². The number of hydrogen-bond donors (Lipinski definition) is 3. The van der Waals surface area contributed by atoms with E-state index in [4.69, 9.17) is 5.11 Å². The van der Waals surface area contributed by atoms with Crippen LogP contribution in [0.3, 0.4) is 0 Å². The maximum Gasteiger partial charge on any atom is 0.259 e. The number of fused-ring (bicyclic) bond motifs is 1. The number of hydrogen-bond acceptors (Lipinski definition) is 6. The van der Waals surface area contributed by atoms with Crippen molar-refractivity contribution in [1.82, 2.24) is 9.88 Å². The summed E-state index contributed by atoms with van der Waals surface area (Å²) < 4.78 is 27.0. The Morgan fingerprint density at radius 1 is 1.03 bits per heavy atom. The lowest BCUT2D eigenvalue weighted by molar-refractivity contribution is -0.122. The second kappa shape index (κ2) is 7.77. The molecule has 1 atom stereocenters. The Morgan fingerprint density at radius 3 is 2.48 bits per heavy atom. The quantitative estimate of drug-likeness (QED) is 0.489. The van der Waals surface area contributed by atoms with Crippen LogP contribution in [0.25, 0.3) is 22.0 Å². The average Bonchev–Trinajstić information content (AvgIpc) is 3.23. The minimum absolute atomic E-state index is 0.0844. The number of para-hydroxylation sites is 1. The summed E-state index contributed by atoms with van der Waals surface area (Å²) in [5, 5.41) is 21.6. The normalized spacial score (nSPS) is 15.6. The highest BCUT2D eigenvalue weighted by atomic mass is 32.2. The van der Waals surface area contributed by atoms with Crippen molar-refractivity contribution in [3.63, 3.8) is 0 Å². The first kappa shape index (κ1) is 21.0. The average molecular weight is 440 g/mol. The third-order valence-corrected chi connectivity index (χ3v) is 7.00. The van der Waals surface area contributed by atoms with Gasteiger partial charge in [-0.05, 0) is 23.8 Å². The van der Waals surface area contributed by atoms with E-state index in [1.54, 1.807) is 12.3 Å². The molecular weight excluding hydrogens is 420 g/mol.